The second-order valence-corrected chi connectivity index (χ2v) is 7.56. The summed E-state index contributed by atoms with van der Waals surface area (Å²) in [7, 11) is 0. The molecule has 1 heteroatoms. The van der Waals surface area contributed by atoms with Crippen LogP contribution >= 0.6 is 0 Å². The number of rotatable bonds is 2. The average molecular weight is 338 g/mol. The van der Waals surface area contributed by atoms with Crippen LogP contribution in [0, 0.1) is 5.92 Å². The molecule has 0 aliphatic heterocycles. The highest BCUT2D eigenvalue weighted by Crippen LogP contribution is 2.46. The molecule has 0 saturated heterocycles. The lowest BCUT2D eigenvalue weighted by molar-refractivity contribution is -0.110. The second kappa shape index (κ2) is 6.25. The molecule has 0 bridgehead atoms. The van der Waals surface area contributed by atoms with Gasteiger partial charge in [-0.15, -0.1) is 0 Å². The molecule has 0 radical (unpaired) electrons. The van der Waals surface area contributed by atoms with Crippen molar-refractivity contribution < 1.29 is 4.79 Å². The van der Waals surface area contributed by atoms with E-state index in [1.165, 1.54) is 48.8 Å². The van der Waals surface area contributed by atoms with Crippen molar-refractivity contribution in [3.8, 4) is 0 Å². The molecule has 0 N–H and O–H groups in total. The number of hydrogen-bond donors (Lipinski definition) is 0. The monoisotopic (exact) mass is 338 g/mol. The maximum absolute atomic E-state index is 13.6. The second-order valence-electron chi connectivity index (χ2n) is 7.56. The van der Waals surface area contributed by atoms with Gasteiger partial charge in [-0.1, -0.05) is 73.9 Å². The van der Waals surface area contributed by atoms with Crippen LogP contribution in [0.2, 0.25) is 0 Å². The predicted molar refractivity (Wildman–Crippen MR) is 107 cm³/mol. The van der Waals surface area contributed by atoms with Crippen LogP contribution in [0.5, 0.6) is 0 Å². The summed E-state index contributed by atoms with van der Waals surface area (Å²) in [6.45, 7) is 0. The summed E-state index contributed by atoms with van der Waals surface area (Å²) >= 11 is 0. The molecule has 2 aromatic rings. The van der Waals surface area contributed by atoms with E-state index < -0.39 is 0 Å². The zero-order chi connectivity index (χ0) is 17.5. The molecule has 0 heterocycles. The van der Waals surface area contributed by atoms with Gasteiger partial charge in [0.15, 0.2) is 5.78 Å². The fourth-order valence-corrected chi connectivity index (χ4v) is 4.72. The van der Waals surface area contributed by atoms with E-state index in [-0.39, 0.29) is 5.78 Å². The summed E-state index contributed by atoms with van der Waals surface area (Å²) < 4.78 is 0. The minimum Gasteiger partial charge on any atom is -0.289 e. The molecule has 0 amide bonds. The largest absolute Gasteiger partial charge is 0.289 e. The lowest BCUT2D eigenvalue weighted by atomic mass is 9.74. The Bertz CT molecular complexity index is 966. The first kappa shape index (κ1) is 15.6. The molecule has 2 aromatic carbocycles. The number of carbonyl (C=O) groups excluding carboxylic acids is 1. The highest BCUT2D eigenvalue weighted by molar-refractivity contribution is 6.39. The van der Waals surface area contributed by atoms with Gasteiger partial charge in [-0.05, 0) is 58.7 Å². The molecule has 128 valence electrons. The van der Waals surface area contributed by atoms with Crippen LogP contribution in [0.25, 0.3) is 17.2 Å². The normalized spacial score (nSPS) is 19.8. The van der Waals surface area contributed by atoms with Crippen molar-refractivity contribution >= 4 is 23.0 Å². The van der Waals surface area contributed by atoms with Gasteiger partial charge < -0.3 is 0 Å². The van der Waals surface area contributed by atoms with Crippen molar-refractivity contribution in [1.29, 1.82) is 0 Å². The van der Waals surface area contributed by atoms with Gasteiger partial charge in [-0.3, -0.25) is 4.79 Å². The summed E-state index contributed by atoms with van der Waals surface area (Å²) in [6, 6.07) is 18.6. The maximum atomic E-state index is 13.6. The van der Waals surface area contributed by atoms with Gasteiger partial charge in [0.1, 0.15) is 0 Å². The Hall–Kier alpha value is -2.67. The van der Waals surface area contributed by atoms with Gasteiger partial charge in [0, 0.05) is 11.1 Å². The number of allylic oxidation sites excluding steroid dienone is 5. The van der Waals surface area contributed by atoms with E-state index in [4.69, 9.17) is 0 Å². The lowest BCUT2D eigenvalue weighted by Crippen LogP contribution is -2.18. The van der Waals surface area contributed by atoms with Crippen molar-refractivity contribution in [3.05, 3.63) is 88.5 Å². The molecule has 26 heavy (non-hydrogen) atoms. The minimum atomic E-state index is 0.200. The first-order chi connectivity index (χ1) is 12.8. The van der Waals surface area contributed by atoms with E-state index in [1.807, 2.05) is 24.3 Å². The van der Waals surface area contributed by atoms with E-state index in [1.54, 1.807) is 0 Å². The van der Waals surface area contributed by atoms with Crippen molar-refractivity contribution in [1.82, 2.24) is 0 Å². The Morgan fingerprint density at radius 3 is 2.27 bits per heavy atom. The van der Waals surface area contributed by atoms with Crippen LogP contribution in [0.1, 0.15) is 48.8 Å². The third kappa shape index (κ3) is 2.42. The number of fused-ring (bicyclic) bond motifs is 3. The van der Waals surface area contributed by atoms with Gasteiger partial charge in [0.05, 0.1) is 0 Å². The quantitative estimate of drug-likeness (QED) is 0.648. The SMILES string of the molecule is O=C1C2=Cc3ccccc3C2=CC(C2CCCCC2)=C1c1ccccc1. The van der Waals surface area contributed by atoms with Crippen LogP contribution in [-0.2, 0) is 4.79 Å². The van der Waals surface area contributed by atoms with E-state index in [9.17, 15) is 4.79 Å². The molecular weight excluding hydrogens is 316 g/mol. The highest BCUT2D eigenvalue weighted by Gasteiger charge is 2.34. The molecule has 0 spiro atoms. The molecule has 1 saturated carbocycles. The molecule has 1 fully saturated rings. The molecule has 5 rings (SSSR count). The average Bonchev–Trinajstić information content (AvgIpc) is 3.08. The molecule has 3 aliphatic rings. The smallest absolute Gasteiger partial charge is 0.194 e. The summed E-state index contributed by atoms with van der Waals surface area (Å²) in [5.41, 5.74) is 7.63. The van der Waals surface area contributed by atoms with E-state index in [0.717, 1.165) is 22.3 Å². The summed E-state index contributed by atoms with van der Waals surface area (Å²) in [5.74, 6) is 0.704. The number of carbonyl (C=O) groups is 1. The Morgan fingerprint density at radius 2 is 1.46 bits per heavy atom. The standard InChI is InChI=1S/C25H22O/c26-25-23-15-19-13-7-8-14-20(19)22(23)16-21(17-9-3-1-4-10-17)24(25)18-11-5-2-6-12-18/h2,5-8,11-17H,1,3-4,9-10H2. The third-order valence-electron chi connectivity index (χ3n) is 6.01. The molecular formula is C25H22O. The Balaban J connectivity index is 1.72. The highest BCUT2D eigenvalue weighted by atomic mass is 16.1. The fraction of sp³-hybridized carbons (Fsp3) is 0.240. The number of ketones is 1. The van der Waals surface area contributed by atoms with Crippen molar-refractivity contribution in [2.24, 2.45) is 5.92 Å². The predicted octanol–water partition coefficient (Wildman–Crippen LogP) is 6.08. The molecule has 3 aliphatic carbocycles. The van der Waals surface area contributed by atoms with Gasteiger partial charge in [0.2, 0.25) is 0 Å². The van der Waals surface area contributed by atoms with Gasteiger partial charge in [-0.2, -0.15) is 0 Å². The Kier molecular flexibility index (Phi) is 3.74. The number of hydrogen-bond acceptors (Lipinski definition) is 1. The van der Waals surface area contributed by atoms with E-state index >= 15 is 0 Å². The molecule has 0 aromatic heterocycles. The first-order valence-corrected chi connectivity index (χ1v) is 9.70. The van der Waals surface area contributed by atoms with Crippen LogP contribution in [-0.4, -0.2) is 5.78 Å². The van der Waals surface area contributed by atoms with Gasteiger partial charge in [-0.25, -0.2) is 0 Å². The molecule has 0 unspecified atom stereocenters. The van der Waals surface area contributed by atoms with Crippen LogP contribution < -0.4 is 0 Å². The van der Waals surface area contributed by atoms with Crippen molar-refractivity contribution in [3.63, 3.8) is 0 Å². The zero-order valence-electron chi connectivity index (χ0n) is 14.9. The molecule has 1 nitrogen and oxygen atoms in total. The number of Topliss-reactive ketones (excluding diaryl/α,β-unsaturated/α-hetero) is 1. The first-order valence-electron chi connectivity index (χ1n) is 9.70. The summed E-state index contributed by atoms with van der Waals surface area (Å²) in [4.78, 5) is 13.6. The van der Waals surface area contributed by atoms with Crippen molar-refractivity contribution in [2.75, 3.05) is 0 Å². The number of benzene rings is 2. The fourth-order valence-electron chi connectivity index (χ4n) is 4.72. The van der Waals surface area contributed by atoms with Gasteiger partial charge in [0.25, 0.3) is 0 Å². The van der Waals surface area contributed by atoms with Gasteiger partial charge >= 0.3 is 0 Å². The van der Waals surface area contributed by atoms with E-state index in [2.05, 4.69) is 42.5 Å². The minimum absolute atomic E-state index is 0.200. The lowest BCUT2D eigenvalue weighted by Gasteiger charge is -2.29. The topological polar surface area (TPSA) is 17.1 Å². The summed E-state index contributed by atoms with van der Waals surface area (Å²) in [5, 5.41) is 0. The van der Waals surface area contributed by atoms with Crippen LogP contribution in [0.15, 0.2) is 71.8 Å². The van der Waals surface area contributed by atoms with Crippen molar-refractivity contribution in [2.45, 2.75) is 32.1 Å². The molecule has 0 atom stereocenters. The van der Waals surface area contributed by atoms with Crippen LogP contribution in [0.3, 0.4) is 0 Å². The Labute approximate surface area is 154 Å². The summed E-state index contributed by atoms with van der Waals surface area (Å²) in [6.07, 6.45) is 10.7. The van der Waals surface area contributed by atoms with E-state index in [0.29, 0.717) is 5.92 Å². The van der Waals surface area contributed by atoms with Crippen LogP contribution in [0.4, 0.5) is 0 Å². The third-order valence-corrected chi connectivity index (χ3v) is 6.01. The zero-order valence-corrected chi connectivity index (χ0v) is 14.9. The maximum Gasteiger partial charge on any atom is 0.194 e. The Morgan fingerprint density at radius 1 is 0.731 bits per heavy atom.